The minimum Gasteiger partial charge on any atom is -0.480 e. The minimum absolute atomic E-state index is 0.0413. The monoisotopic (exact) mass is 262 g/mol. The first-order chi connectivity index (χ1) is 8.91. The Hall–Kier alpha value is -2.37. The molecule has 1 aromatic carbocycles. The van der Waals surface area contributed by atoms with Gasteiger partial charge in [0.1, 0.15) is 6.04 Å². The van der Waals surface area contributed by atoms with Gasteiger partial charge in [-0.3, -0.25) is 10.1 Å². The van der Waals surface area contributed by atoms with Crippen LogP contribution in [-0.4, -0.2) is 20.6 Å². The van der Waals surface area contributed by atoms with Crippen LogP contribution in [0.1, 0.15) is 19.9 Å². The first-order valence-electron chi connectivity index (χ1n) is 5.89. The van der Waals surface area contributed by atoms with E-state index < -0.39 is 16.9 Å². The summed E-state index contributed by atoms with van der Waals surface area (Å²) in [4.78, 5) is 21.7. The lowest BCUT2D eigenvalue weighted by atomic mass is 10.0. The Morgan fingerprint density at radius 2 is 2.05 bits per heavy atom. The van der Waals surface area contributed by atoms with E-state index in [0.29, 0.717) is 5.52 Å². The van der Waals surface area contributed by atoms with Crippen molar-refractivity contribution in [3.8, 4) is 0 Å². The maximum atomic E-state index is 11.3. The molecule has 6 nitrogen and oxygen atoms in total. The topological polar surface area (TPSA) is 85.4 Å². The summed E-state index contributed by atoms with van der Waals surface area (Å²) >= 11 is 0. The summed E-state index contributed by atoms with van der Waals surface area (Å²) in [5, 5.41) is 20.9. The van der Waals surface area contributed by atoms with Crippen molar-refractivity contribution in [3.05, 3.63) is 40.6 Å². The predicted molar refractivity (Wildman–Crippen MR) is 70.1 cm³/mol. The van der Waals surface area contributed by atoms with E-state index in [9.17, 15) is 20.0 Å². The van der Waals surface area contributed by atoms with Gasteiger partial charge in [-0.1, -0.05) is 13.8 Å². The molecule has 0 aliphatic heterocycles. The summed E-state index contributed by atoms with van der Waals surface area (Å²) in [6.45, 7) is 3.62. The summed E-state index contributed by atoms with van der Waals surface area (Å²) in [5.41, 5.74) is 0.524. The van der Waals surface area contributed by atoms with Gasteiger partial charge in [0.25, 0.3) is 5.69 Å². The molecule has 0 aliphatic rings. The van der Waals surface area contributed by atoms with Crippen molar-refractivity contribution >= 4 is 22.6 Å². The fourth-order valence-corrected chi connectivity index (χ4v) is 2.22. The average molecular weight is 262 g/mol. The van der Waals surface area contributed by atoms with Gasteiger partial charge >= 0.3 is 5.97 Å². The molecule has 19 heavy (non-hydrogen) atoms. The molecule has 0 saturated heterocycles. The molecule has 0 fully saturated rings. The van der Waals surface area contributed by atoms with Crippen LogP contribution in [0.3, 0.4) is 0 Å². The molecule has 2 aromatic rings. The van der Waals surface area contributed by atoms with E-state index in [-0.39, 0.29) is 11.6 Å². The number of hydrogen-bond donors (Lipinski definition) is 1. The van der Waals surface area contributed by atoms with E-state index in [1.807, 2.05) is 13.8 Å². The highest BCUT2D eigenvalue weighted by Crippen LogP contribution is 2.28. The van der Waals surface area contributed by atoms with E-state index in [2.05, 4.69) is 0 Å². The van der Waals surface area contributed by atoms with Crippen LogP contribution in [0.15, 0.2) is 30.5 Å². The number of non-ortho nitro benzene ring substituents is 1. The minimum atomic E-state index is -0.945. The highest BCUT2D eigenvalue weighted by molar-refractivity contribution is 5.85. The highest BCUT2D eigenvalue weighted by Gasteiger charge is 2.25. The Kier molecular flexibility index (Phi) is 3.25. The highest BCUT2D eigenvalue weighted by atomic mass is 16.6. The van der Waals surface area contributed by atoms with Crippen molar-refractivity contribution in [2.24, 2.45) is 5.92 Å². The molecule has 1 unspecified atom stereocenters. The van der Waals surface area contributed by atoms with Crippen LogP contribution in [-0.2, 0) is 4.79 Å². The summed E-state index contributed by atoms with van der Waals surface area (Å²) in [7, 11) is 0. The summed E-state index contributed by atoms with van der Waals surface area (Å²) in [6.07, 6.45) is 1.66. The van der Waals surface area contributed by atoms with Gasteiger partial charge in [-0.25, -0.2) is 4.79 Å². The molecule has 100 valence electrons. The van der Waals surface area contributed by atoms with Gasteiger partial charge in [-0.05, 0) is 18.1 Å². The van der Waals surface area contributed by atoms with Crippen molar-refractivity contribution in [1.29, 1.82) is 0 Å². The van der Waals surface area contributed by atoms with Crippen molar-refractivity contribution in [2.75, 3.05) is 0 Å². The number of carboxylic acids is 1. The third kappa shape index (κ3) is 2.29. The van der Waals surface area contributed by atoms with Gasteiger partial charge in [-0.2, -0.15) is 0 Å². The molecule has 0 bridgehead atoms. The molecular weight excluding hydrogens is 248 g/mol. The Morgan fingerprint density at radius 3 is 2.58 bits per heavy atom. The summed E-state index contributed by atoms with van der Waals surface area (Å²) in [5.74, 6) is -1.06. The van der Waals surface area contributed by atoms with Crippen LogP contribution in [0.25, 0.3) is 10.9 Å². The molecule has 1 atom stereocenters. The zero-order valence-electron chi connectivity index (χ0n) is 10.6. The molecule has 1 heterocycles. The fourth-order valence-electron chi connectivity index (χ4n) is 2.22. The van der Waals surface area contributed by atoms with E-state index >= 15 is 0 Å². The molecule has 0 spiro atoms. The number of rotatable bonds is 4. The number of nitro groups is 1. The number of aliphatic carboxylic acids is 1. The van der Waals surface area contributed by atoms with E-state index in [0.717, 1.165) is 5.39 Å². The Balaban J connectivity index is 2.63. The van der Waals surface area contributed by atoms with Crippen molar-refractivity contribution < 1.29 is 14.8 Å². The lowest BCUT2D eigenvalue weighted by molar-refractivity contribution is -0.384. The van der Waals surface area contributed by atoms with Gasteiger partial charge in [0.05, 0.1) is 10.4 Å². The smallest absolute Gasteiger partial charge is 0.326 e. The van der Waals surface area contributed by atoms with Crippen molar-refractivity contribution in [2.45, 2.75) is 19.9 Å². The number of benzene rings is 1. The largest absolute Gasteiger partial charge is 0.480 e. The second kappa shape index (κ2) is 4.72. The number of hydrogen-bond acceptors (Lipinski definition) is 3. The lowest BCUT2D eigenvalue weighted by Crippen LogP contribution is -2.23. The molecule has 0 amide bonds. The van der Waals surface area contributed by atoms with Gasteiger partial charge in [0.15, 0.2) is 0 Å². The van der Waals surface area contributed by atoms with Crippen LogP contribution in [0, 0.1) is 16.0 Å². The number of aromatic nitrogens is 1. The van der Waals surface area contributed by atoms with Gasteiger partial charge < -0.3 is 9.67 Å². The van der Waals surface area contributed by atoms with Crippen LogP contribution in [0.2, 0.25) is 0 Å². The van der Waals surface area contributed by atoms with Gasteiger partial charge in [0, 0.05) is 23.7 Å². The normalized spacial score (nSPS) is 12.8. The van der Waals surface area contributed by atoms with Gasteiger partial charge in [0.2, 0.25) is 0 Å². The number of fused-ring (bicyclic) bond motifs is 1. The number of nitro benzene ring substituents is 1. The molecule has 1 N–H and O–H groups in total. The lowest BCUT2D eigenvalue weighted by Gasteiger charge is -2.19. The number of nitrogens with zero attached hydrogens (tertiary/aromatic N) is 2. The first kappa shape index (κ1) is 13.1. The second-order valence-electron chi connectivity index (χ2n) is 4.75. The molecule has 0 saturated carbocycles. The molecule has 6 heteroatoms. The number of carbonyl (C=O) groups is 1. The number of carboxylic acid groups (broad SMARTS) is 1. The van der Waals surface area contributed by atoms with Crippen molar-refractivity contribution in [3.63, 3.8) is 0 Å². The maximum absolute atomic E-state index is 11.3. The third-order valence-electron chi connectivity index (χ3n) is 3.10. The summed E-state index contributed by atoms with van der Waals surface area (Å²) < 4.78 is 1.58. The predicted octanol–water partition coefficient (Wildman–Crippen LogP) is 2.83. The molecule has 0 radical (unpaired) electrons. The Morgan fingerprint density at radius 1 is 1.37 bits per heavy atom. The first-order valence-corrected chi connectivity index (χ1v) is 5.89. The quantitative estimate of drug-likeness (QED) is 0.678. The fraction of sp³-hybridized carbons (Fsp3) is 0.308. The molecule has 1 aromatic heterocycles. The van der Waals surface area contributed by atoms with Crippen LogP contribution in [0.4, 0.5) is 5.69 Å². The molecule has 0 aliphatic carbocycles. The molecule has 2 rings (SSSR count). The standard InChI is InChI=1S/C13H14N2O4/c1-8(2)12(13(16)17)14-6-5-9-3-4-10(15(18)19)7-11(9)14/h3-8,12H,1-2H3,(H,16,17). The Labute approximate surface area is 109 Å². The van der Waals surface area contributed by atoms with Crippen LogP contribution < -0.4 is 0 Å². The summed E-state index contributed by atoms with van der Waals surface area (Å²) in [6, 6.07) is 5.48. The van der Waals surface area contributed by atoms with Crippen molar-refractivity contribution in [1.82, 2.24) is 4.57 Å². The zero-order chi connectivity index (χ0) is 14.2. The third-order valence-corrected chi connectivity index (χ3v) is 3.10. The molecular formula is C13H14N2O4. The Bertz CT molecular complexity index is 645. The van der Waals surface area contributed by atoms with E-state index in [4.69, 9.17) is 0 Å². The van der Waals surface area contributed by atoms with E-state index in [1.165, 1.54) is 12.1 Å². The van der Waals surface area contributed by atoms with Crippen LogP contribution in [0.5, 0.6) is 0 Å². The van der Waals surface area contributed by atoms with E-state index in [1.54, 1.807) is 22.9 Å². The second-order valence-corrected chi connectivity index (χ2v) is 4.75. The SMILES string of the molecule is CC(C)C(C(=O)O)n1ccc2ccc([N+](=O)[O-])cc21. The average Bonchev–Trinajstić information content (AvgIpc) is 2.71. The zero-order valence-corrected chi connectivity index (χ0v) is 10.6. The maximum Gasteiger partial charge on any atom is 0.326 e. The van der Waals surface area contributed by atoms with Gasteiger partial charge in [-0.15, -0.1) is 0 Å². The van der Waals surface area contributed by atoms with Crippen LogP contribution >= 0.6 is 0 Å².